The molecule has 0 heterocycles. The molecule has 0 radical (unpaired) electrons. The van der Waals surface area contributed by atoms with E-state index >= 15 is 0 Å². The molecule has 25 heavy (non-hydrogen) atoms. The molecule has 0 saturated carbocycles. The molecule has 6 nitrogen and oxygen atoms in total. The van der Waals surface area contributed by atoms with E-state index in [-0.39, 0.29) is 24.9 Å². The number of aryl methyl sites for hydroxylation is 2. The van der Waals surface area contributed by atoms with Gasteiger partial charge >= 0.3 is 5.97 Å². The van der Waals surface area contributed by atoms with Gasteiger partial charge in [0.05, 0.1) is 17.9 Å². The Bertz CT molecular complexity index is 787. The minimum absolute atomic E-state index is 0.219. The molecule has 0 aliphatic heterocycles. The molecule has 0 fully saturated rings. The molecule has 0 aliphatic carbocycles. The number of hydrogen-bond donors (Lipinski definition) is 2. The first-order valence-electron chi connectivity index (χ1n) is 7.97. The van der Waals surface area contributed by atoms with Crippen molar-refractivity contribution in [2.45, 2.75) is 20.8 Å². The van der Waals surface area contributed by atoms with Gasteiger partial charge in [0.2, 0.25) is 0 Å². The van der Waals surface area contributed by atoms with Crippen molar-refractivity contribution in [3.8, 4) is 5.75 Å². The lowest BCUT2D eigenvalue weighted by Crippen LogP contribution is -2.20. The topological polar surface area (TPSA) is 90.7 Å². The highest BCUT2D eigenvalue weighted by Crippen LogP contribution is 2.23. The smallest absolute Gasteiger partial charge is 0.338 e. The van der Waals surface area contributed by atoms with Gasteiger partial charge in [-0.1, -0.05) is 6.07 Å². The van der Waals surface area contributed by atoms with Crippen molar-refractivity contribution in [1.29, 1.82) is 0 Å². The monoisotopic (exact) mass is 342 g/mol. The predicted molar refractivity (Wildman–Crippen MR) is 96.9 cm³/mol. The van der Waals surface area contributed by atoms with E-state index in [4.69, 9.17) is 15.2 Å². The number of esters is 1. The summed E-state index contributed by atoms with van der Waals surface area (Å²) in [4.78, 5) is 23.8. The van der Waals surface area contributed by atoms with Gasteiger partial charge in [-0.2, -0.15) is 0 Å². The van der Waals surface area contributed by atoms with E-state index in [1.54, 1.807) is 19.1 Å². The van der Waals surface area contributed by atoms with Crippen molar-refractivity contribution in [2.24, 2.45) is 0 Å². The Kier molecular flexibility index (Phi) is 6.00. The molecule has 0 aromatic heterocycles. The number of anilines is 2. The van der Waals surface area contributed by atoms with Crippen LogP contribution < -0.4 is 15.8 Å². The van der Waals surface area contributed by atoms with Crippen molar-refractivity contribution in [3.05, 3.63) is 53.1 Å². The molecule has 3 N–H and O–H groups in total. The third kappa shape index (κ3) is 4.97. The number of benzene rings is 2. The summed E-state index contributed by atoms with van der Waals surface area (Å²) in [6.07, 6.45) is 0. The maximum absolute atomic E-state index is 12.0. The number of hydrogen-bond acceptors (Lipinski definition) is 5. The maximum atomic E-state index is 12.0. The summed E-state index contributed by atoms with van der Waals surface area (Å²) in [6.45, 7) is 5.76. The fraction of sp³-hybridized carbons (Fsp3) is 0.263. The highest BCUT2D eigenvalue weighted by Gasteiger charge is 2.12. The summed E-state index contributed by atoms with van der Waals surface area (Å²) in [5, 5.41) is 2.76. The molecule has 0 atom stereocenters. The molecule has 2 aromatic carbocycles. The van der Waals surface area contributed by atoms with Crippen LogP contribution in [0.4, 0.5) is 11.4 Å². The van der Waals surface area contributed by atoms with Gasteiger partial charge in [-0.25, -0.2) is 4.79 Å². The highest BCUT2D eigenvalue weighted by atomic mass is 16.5. The second-order valence-corrected chi connectivity index (χ2v) is 5.61. The van der Waals surface area contributed by atoms with E-state index in [0.717, 1.165) is 11.1 Å². The second kappa shape index (κ2) is 8.19. The fourth-order valence-corrected chi connectivity index (χ4v) is 2.16. The van der Waals surface area contributed by atoms with Gasteiger partial charge in [0.1, 0.15) is 5.75 Å². The summed E-state index contributed by atoms with van der Waals surface area (Å²) in [5.41, 5.74) is 9.43. The third-order valence-electron chi connectivity index (χ3n) is 3.67. The molecular formula is C19H22N2O4. The van der Waals surface area contributed by atoms with Crippen molar-refractivity contribution in [1.82, 2.24) is 0 Å². The maximum Gasteiger partial charge on any atom is 0.338 e. The quantitative estimate of drug-likeness (QED) is 0.622. The van der Waals surface area contributed by atoms with E-state index in [1.807, 2.05) is 32.0 Å². The highest BCUT2D eigenvalue weighted by molar-refractivity contribution is 5.92. The number of carbonyl (C=O) groups is 2. The number of rotatable bonds is 6. The SMILES string of the molecule is CCOC(=O)c1ccc(N)c(OCC(=O)Nc2ccc(C)c(C)c2)c1. The molecule has 6 heteroatoms. The average Bonchev–Trinajstić information content (AvgIpc) is 2.57. The zero-order chi connectivity index (χ0) is 18.4. The molecule has 2 rings (SSSR count). The molecule has 0 spiro atoms. The van der Waals surface area contributed by atoms with Crippen LogP contribution in [0, 0.1) is 13.8 Å². The Morgan fingerprint density at radius 1 is 1.08 bits per heavy atom. The van der Waals surface area contributed by atoms with Crippen molar-refractivity contribution < 1.29 is 19.1 Å². The van der Waals surface area contributed by atoms with Crippen molar-refractivity contribution >= 4 is 23.3 Å². The minimum atomic E-state index is -0.466. The fourth-order valence-electron chi connectivity index (χ4n) is 2.16. The summed E-state index contributed by atoms with van der Waals surface area (Å²) in [6, 6.07) is 10.2. The van der Waals surface area contributed by atoms with Gasteiger partial charge < -0.3 is 20.5 Å². The summed E-state index contributed by atoms with van der Waals surface area (Å²) < 4.78 is 10.4. The van der Waals surface area contributed by atoms with Gasteiger partial charge in [0.25, 0.3) is 5.91 Å². The van der Waals surface area contributed by atoms with E-state index < -0.39 is 5.97 Å². The van der Waals surface area contributed by atoms with Crippen LogP contribution in [0.1, 0.15) is 28.4 Å². The first kappa shape index (κ1) is 18.3. The minimum Gasteiger partial charge on any atom is -0.482 e. The lowest BCUT2D eigenvalue weighted by Gasteiger charge is -2.11. The van der Waals surface area contributed by atoms with Crippen LogP contribution in [0.2, 0.25) is 0 Å². The molecule has 0 aliphatic rings. The zero-order valence-corrected chi connectivity index (χ0v) is 14.6. The van der Waals surface area contributed by atoms with Crippen LogP contribution in [-0.2, 0) is 9.53 Å². The molecule has 1 amide bonds. The van der Waals surface area contributed by atoms with Gasteiger partial charge in [-0.15, -0.1) is 0 Å². The normalized spacial score (nSPS) is 10.2. The van der Waals surface area contributed by atoms with Gasteiger partial charge in [-0.05, 0) is 62.2 Å². The number of nitrogens with two attached hydrogens (primary N) is 1. The number of carbonyl (C=O) groups excluding carboxylic acids is 2. The molecular weight excluding hydrogens is 320 g/mol. The lowest BCUT2D eigenvalue weighted by molar-refractivity contribution is -0.118. The number of nitrogens with one attached hydrogen (secondary N) is 1. The van der Waals surface area contributed by atoms with Gasteiger partial charge in [0, 0.05) is 5.69 Å². The first-order chi connectivity index (χ1) is 11.9. The second-order valence-electron chi connectivity index (χ2n) is 5.61. The first-order valence-corrected chi connectivity index (χ1v) is 7.97. The van der Waals surface area contributed by atoms with Gasteiger partial charge in [-0.3, -0.25) is 4.79 Å². The van der Waals surface area contributed by atoms with Crippen LogP contribution in [0.5, 0.6) is 5.75 Å². The average molecular weight is 342 g/mol. The summed E-state index contributed by atoms with van der Waals surface area (Å²) in [7, 11) is 0. The molecule has 2 aromatic rings. The van der Waals surface area contributed by atoms with Crippen molar-refractivity contribution in [2.75, 3.05) is 24.3 Å². The standard InChI is InChI=1S/C19H22N2O4/c1-4-24-19(23)14-6-8-16(20)17(10-14)25-11-18(22)21-15-7-5-12(2)13(3)9-15/h5-10H,4,11,20H2,1-3H3,(H,21,22). The largest absolute Gasteiger partial charge is 0.482 e. The predicted octanol–water partition coefficient (Wildman–Crippen LogP) is 3.08. The van der Waals surface area contributed by atoms with Gasteiger partial charge in [0.15, 0.2) is 6.61 Å². The van der Waals surface area contributed by atoms with Crippen LogP contribution in [0.25, 0.3) is 0 Å². The van der Waals surface area contributed by atoms with Crippen LogP contribution >= 0.6 is 0 Å². The third-order valence-corrected chi connectivity index (χ3v) is 3.67. The van der Waals surface area contributed by atoms with E-state index in [0.29, 0.717) is 16.9 Å². The Hall–Kier alpha value is -3.02. The lowest BCUT2D eigenvalue weighted by atomic mass is 10.1. The van der Waals surface area contributed by atoms with Crippen molar-refractivity contribution in [3.63, 3.8) is 0 Å². The summed E-state index contributed by atoms with van der Waals surface area (Å²) in [5.74, 6) is -0.517. The van der Waals surface area contributed by atoms with E-state index in [9.17, 15) is 9.59 Å². The Morgan fingerprint density at radius 2 is 1.84 bits per heavy atom. The van der Waals surface area contributed by atoms with Crippen LogP contribution in [0.15, 0.2) is 36.4 Å². The van der Waals surface area contributed by atoms with Crippen LogP contribution in [0.3, 0.4) is 0 Å². The molecule has 132 valence electrons. The Balaban J connectivity index is 2.00. The number of nitrogen functional groups attached to an aromatic ring is 1. The Morgan fingerprint density at radius 3 is 2.52 bits per heavy atom. The van der Waals surface area contributed by atoms with E-state index in [2.05, 4.69) is 5.32 Å². The molecule has 0 saturated heterocycles. The number of ether oxygens (including phenoxy) is 2. The number of amides is 1. The Labute approximate surface area is 146 Å². The molecule has 0 unspecified atom stereocenters. The molecule has 0 bridgehead atoms. The summed E-state index contributed by atoms with van der Waals surface area (Å²) >= 11 is 0. The van der Waals surface area contributed by atoms with Crippen LogP contribution in [-0.4, -0.2) is 25.1 Å². The zero-order valence-electron chi connectivity index (χ0n) is 14.6. The van der Waals surface area contributed by atoms with E-state index in [1.165, 1.54) is 6.07 Å².